The van der Waals surface area contributed by atoms with Crippen molar-refractivity contribution in [1.29, 1.82) is 0 Å². The number of halogens is 3. The van der Waals surface area contributed by atoms with E-state index in [4.69, 9.17) is 22.3 Å². The maximum absolute atomic E-state index is 15.7. The van der Waals surface area contributed by atoms with Gasteiger partial charge in [-0.15, -0.1) is 0 Å². The standard InChI is InChI=1S/C30H29ClF2N6/c31-24-4-2-1-3-5-27(28(24)33)39-26-11-8-21(32)17-25(26)37-30(39)23-16-20(18-36-29(23)34)19-6-9-22(10-7-19)38-14-12-35-13-15-38/h1,3,6-11,16-18,27,35H,2,4-5,12-15H2,(H2,34,36)/b3-1-,28-24-. The van der Waals surface area contributed by atoms with Gasteiger partial charge in [0.1, 0.15) is 23.3 Å². The molecule has 6 nitrogen and oxygen atoms in total. The van der Waals surface area contributed by atoms with Crippen molar-refractivity contribution in [1.82, 2.24) is 19.9 Å². The number of pyridine rings is 1. The zero-order chi connectivity index (χ0) is 26.9. The van der Waals surface area contributed by atoms with Crippen LogP contribution in [0, 0.1) is 5.82 Å². The van der Waals surface area contributed by atoms with Gasteiger partial charge >= 0.3 is 0 Å². The zero-order valence-electron chi connectivity index (χ0n) is 21.4. The van der Waals surface area contributed by atoms with Crippen LogP contribution >= 0.6 is 11.6 Å². The number of nitrogens with one attached hydrogen (secondary N) is 1. The van der Waals surface area contributed by atoms with Crippen molar-refractivity contribution in [2.75, 3.05) is 36.8 Å². The van der Waals surface area contributed by atoms with Crippen molar-refractivity contribution in [2.24, 2.45) is 0 Å². The average Bonchev–Trinajstić information content (AvgIpc) is 3.32. The predicted molar refractivity (Wildman–Crippen MR) is 154 cm³/mol. The first-order valence-corrected chi connectivity index (χ1v) is 13.6. The van der Waals surface area contributed by atoms with E-state index in [0.29, 0.717) is 41.7 Å². The molecule has 1 aliphatic carbocycles. The van der Waals surface area contributed by atoms with Gasteiger partial charge in [-0.2, -0.15) is 0 Å². The molecule has 1 unspecified atom stereocenters. The highest BCUT2D eigenvalue weighted by Gasteiger charge is 2.27. The monoisotopic (exact) mass is 546 g/mol. The van der Waals surface area contributed by atoms with Gasteiger partial charge in [0.2, 0.25) is 0 Å². The van der Waals surface area contributed by atoms with Gasteiger partial charge in [-0.05, 0) is 55.2 Å². The number of aromatic nitrogens is 3. The summed E-state index contributed by atoms with van der Waals surface area (Å²) >= 11 is 6.37. The van der Waals surface area contributed by atoms with Crippen molar-refractivity contribution < 1.29 is 8.78 Å². The predicted octanol–water partition coefficient (Wildman–Crippen LogP) is 6.60. The molecule has 1 fully saturated rings. The summed E-state index contributed by atoms with van der Waals surface area (Å²) in [5, 5.41) is 3.56. The van der Waals surface area contributed by atoms with Gasteiger partial charge in [-0.1, -0.05) is 35.9 Å². The highest BCUT2D eigenvalue weighted by molar-refractivity contribution is 6.29. The molecule has 6 rings (SSSR count). The Morgan fingerprint density at radius 2 is 1.77 bits per heavy atom. The maximum atomic E-state index is 15.7. The van der Waals surface area contributed by atoms with Gasteiger partial charge in [0.05, 0.1) is 27.7 Å². The Morgan fingerprint density at radius 1 is 0.974 bits per heavy atom. The summed E-state index contributed by atoms with van der Waals surface area (Å²) in [5.41, 5.74) is 10.9. The lowest BCUT2D eigenvalue weighted by molar-refractivity contribution is 0.456. The van der Waals surface area contributed by atoms with E-state index in [2.05, 4.69) is 39.5 Å². The van der Waals surface area contributed by atoms with E-state index in [1.54, 1.807) is 16.8 Å². The first-order valence-electron chi connectivity index (χ1n) is 13.2. The molecule has 0 spiro atoms. The Labute approximate surface area is 230 Å². The number of anilines is 2. The molecule has 2 aromatic heterocycles. The molecule has 2 aliphatic rings. The Kier molecular flexibility index (Phi) is 7.06. The highest BCUT2D eigenvalue weighted by Crippen LogP contribution is 2.40. The molecule has 0 bridgehead atoms. The quantitative estimate of drug-likeness (QED) is 0.282. The van der Waals surface area contributed by atoms with Crippen molar-refractivity contribution in [3.63, 3.8) is 0 Å². The van der Waals surface area contributed by atoms with Crippen LogP contribution in [0.4, 0.5) is 20.3 Å². The Hall–Kier alpha value is -3.75. The third-order valence-corrected chi connectivity index (χ3v) is 7.78. The van der Waals surface area contributed by atoms with Crippen molar-refractivity contribution in [3.05, 3.63) is 83.6 Å². The fraction of sp³-hybridized carbons (Fsp3) is 0.267. The molecule has 200 valence electrons. The summed E-state index contributed by atoms with van der Waals surface area (Å²) in [7, 11) is 0. The lowest BCUT2D eigenvalue weighted by Gasteiger charge is -2.29. The van der Waals surface area contributed by atoms with Crippen LogP contribution in [0.5, 0.6) is 0 Å². The van der Waals surface area contributed by atoms with Crippen molar-refractivity contribution in [2.45, 2.75) is 25.3 Å². The second-order valence-corrected chi connectivity index (χ2v) is 10.3. The molecule has 1 saturated heterocycles. The van der Waals surface area contributed by atoms with E-state index in [-0.39, 0.29) is 10.9 Å². The fourth-order valence-corrected chi connectivity index (χ4v) is 5.59. The number of nitrogens with two attached hydrogens (primary N) is 1. The maximum Gasteiger partial charge on any atom is 0.145 e. The topological polar surface area (TPSA) is 72.0 Å². The van der Waals surface area contributed by atoms with E-state index in [1.807, 2.05) is 18.2 Å². The van der Waals surface area contributed by atoms with E-state index in [9.17, 15) is 4.39 Å². The van der Waals surface area contributed by atoms with Crippen molar-refractivity contribution >= 4 is 34.1 Å². The third kappa shape index (κ3) is 5.02. The first-order chi connectivity index (χ1) is 19.0. The fourth-order valence-electron chi connectivity index (χ4n) is 5.35. The number of nitrogen functional groups attached to an aromatic ring is 1. The molecule has 3 N–H and O–H groups in total. The Bertz CT molecular complexity index is 1570. The van der Waals surface area contributed by atoms with Gasteiger partial charge in [-0.3, -0.25) is 0 Å². The van der Waals surface area contributed by atoms with Crippen LogP contribution in [0.2, 0.25) is 0 Å². The Balaban J connectivity index is 1.46. The number of benzene rings is 2. The number of nitrogens with zero attached hydrogens (tertiary/aromatic N) is 4. The van der Waals surface area contributed by atoms with Gasteiger partial charge in [0, 0.05) is 49.7 Å². The molecule has 3 heterocycles. The summed E-state index contributed by atoms with van der Waals surface area (Å²) in [6.45, 7) is 3.87. The second-order valence-electron chi connectivity index (χ2n) is 9.89. The van der Waals surface area contributed by atoms with Crippen molar-refractivity contribution in [3.8, 4) is 22.5 Å². The van der Waals surface area contributed by atoms with Crippen LogP contribution < -0.4 is 16.0 Å². The smallest absolute Gasteiger partial charge is 0.145 e. The van der Waals surface area contributed by atoms with Crippen LogP contribution in [0.25, 0.3) is 33.5 Å². The number of rotatable bonds is 4. The van der Waals surface area contributed by atoms with Crippen LogP contribution in [0.15, 0.2) is 77.7 Å². The SMILES string of the molecule is Nc1ncc(-c2ccc(N3CCNCC3)cc2)cc1-c1nc2cc(F)ccc2n1C1C/C=C\CC/C(Cl)=C\1F. The first kappa shape index (κ1) is 25.5. The van der Waals surface area contributed by atoms with Crippen LogP contribution in [-0.4, -0.2) is 40.7 Å². The molecule has 9 heteroatoms. The molecule has 0 saturated carbocycles. The molecular weight excluding hydrogens is 518 g/mol. The number of piperazine rings is 1. The summed E-state index contributed by atoms with van der Waals surface area (Å²) in [6, 6.07) is 13.8. The minimum atomic E-state index is -0.749. The van der Waals surface area contributed by atoms with E-state index < -0.39 is 17.7 Å². The number of hydrogen-bond acceptors (Lipinski definition) is 5. The zero-order valence-corrected chi connectivity index (χ0v) is 22.1. The van der Waals surface area contributed by atoms with E-state index >= 15 is 4.39 Å². The summed E-state index contributed by atoms with van der Waals surface area (Å²) in [4.78, 5) is 11.6. The van der Waals surface area contributed by atoms with Crippen LogP contribution in [0.3, 0.4) is 0 Å². The molecule has 2 aromatic carbocycles. The Morgan fingerprint density at radius 3 is 2.56 bits per heavy atom. The molecular formula is C30H29ClF2N6. The van der Waals surface area contributed by atoms with E-state index in [1.165, 1.54) is 17.8 Å². The minimum absolute atomic E-state index is 0.184. The molecule has 4 aromatic rings. The van der Waals surface area contributed by atoms with Gasteiger partial charge < -0.3 is 20.5 Å². The lowest BCUT2D eigenvalue weighted by Crippen LogP contribution is -2.43. The summed E-state index contributed by atoms with van der Waals surface area (Å²) in [6.07, 6.45) is 7.14. The van der Waals surface area contributed by atoms with Gasteiger partial charge in [-0.25, -0.2) is 18.7 Å². The third-order valence-electron chi connectivity index (χ3n) is 7.41. The highest BCUT2D eigenvalue weighted by atomic mass is 35.5. The average molecular weight is 547 g/mol. The molecule has 1 atom stereocenters. The summed E-state index contributed by atoms with van der Waals surface area (Å²) in [5.74, 6) is -0.171. The lowest BCUT2D eigenvalue weighted by atomic mass is 10.0. The molecule has 39 heavy (non-hydrogen) atoms. The van der Waals surface area contributed by atoms with Gasteiger partial charge in [0.15, 0.2) is 0 Å². The number of allylic oxidation sites excluding steroid dienone is 4. The largest absolute Gasteiger partial charge is 0.383 e. The minimum Gasteiger partial charge on any atom is -0.383 e. The second kappa shape index (κ2) is 10.8. The van der Waals surface area contributed by atoms with Crippen LogP contribution in [0.1, 0.15) is 25.3 Å². The number of fused-ring (bicyclic) bond motifs is 1. The summed E-state index contributed by atoms with van der Waals surface area (Å²) < 4.78 is 31.7. The van der Waals surface area contributed by atoms with E-state index in [0.717, 1.165) is 37.3 Å². The molecule has 0 radical (unpaired) electrons. The van der Waals surface area contributed by atoms with Crippen LogP contribution in [-0.2, 0) is 0 Å². The number of imidazole rings is 1. The molecule has 0 amide bonds. The number of hydrogen-bond donors (Lipinski definition) is 2. The molecule has 1 aliphatic heterocycles. The normalized spacial score (nSPS) is 21.1. The van der Waals surface area contributed by atoms with Gasteiger partial charge in [0.25, 0.3) is 0 Å².